The van der Waals surface area contributed by atoms with E-state index in [-0.39, 0.29) is 25.4 Å². The minimum absolute atomic E-state index is 0.0982. The van der Waals surface area contributed by atoms with Crippen LogP contribution in [0, 0.1) is 0 Å². The van der Waals surface area contributed by atoms with Crippen molar-refractivity contribution in [3.05, 3.63) is 24.3 Å². The van der Waals surface area contributed by atoms with E-state index in [1.807, 2.05) is 0 Å². The van der Waals surface area contributed by atoms with Crippen molar-refractivity contribution in [3.8, 4) is 0 Å². The van der Waals surface area contributed by atoms with Gasteiger partial charge in [0.1, 0.15) is 12.8 Å². The Hall–Kier alpha value is -2.52. The Morgan fingerprint density at radius 1 is 1.17 bits per heavy atom. The van der Waals surface area contributed by atoms with Crippen LogP contribution in [-0.2, 0) is 23.9 Å². The van der Waals surface area contributed by atoms with Gasteiger partial charge in [0.25, 0.3) is 11.8 Å². The van der Waals surface area contributed by atoms with Crippen molar-refractivity contribution >= 4 is 23.7 Å². The number of aliphatic hydroxyl groups is 1. The van der Waals surface area contributed by atoms with E-state index in [4.69, 9.17) is 9.84 Å². The van der Waals surface area contributed by atoms with E-state index in [0.717, 1.165) is 17.1 Å². The first-order valence-electron chi connectivity index (χ1n) is 6.92. The monoisotopic (exact) mass is 324 g/mol. The zero-order valence-electron chi connectivity index (χ0n) is 12.1. The summed E-state index contributed by atoms with van der Waals surface area (Å²) >= 11 is 0. The summed E-state index contributed by atoms with van der Waals surface area (Å²) in [6.45, 7) is -0.618. The van der Waals surface area contributed by atoms with Crippen LogP contribution in [0.5, 0.6) is 0 Å². The molecule has 2 aliphatic rings. The molecule has 0 radical (unpaired) electrons. The molecule has 2 aliphatic heterocycles. The number of carbonyl (C=O) groups is 4. The smallest absolute Gasteiger partial charge is 0.329 e. The van der Waals surface area contributed by atoms with Crippen LogP contribution in [0.25, 0.3) is 0 Å². The lowest BCUT2D eigenvalue weighted by Crippen LogP contribution is -2.42. The quantitative estimate of drug-likeness (QED) is 0.520. The van der Waals surface area contributed by atoms with Gasteiger partial charge in [-0.3, -0.25) is 19.3 Å². The van der Waals surface area contributed by atoms with E-state index in [2.05, 4.69) is 0 Å². The van der Waals surface area contributed by atoms with Gasteiger partial charge in [0, 0.05) is 24.8 Å². The Balaban J connectivity index is 1.94. The van der Waals surface area contributed by atoms with Gasteiger partial charge in [-0.15, -0.1) is 0 Å². The number of carboxylic acids is 1. The third-order valence-corrected chi connectivity index (χ3v) is 3.43. The molecule has 124 valence electrons. The van der Waals surface area contributed by atoms with Gasteiger partial charge >= 0.3 is 5.97 Å². The van der Waals surface area contributed by atoms with E-state index < -0.39 is 36.7 Å². The van der Waals surface area contributed by atoms with Gasteiger partial charge < -0.3 is 19.8 Å². The number of imide groups is 1. The number of carboxylic acid groups (broad SMARTS) is 1. The first-order chi connectivity index (χ1) is 10.9. The standard InChI is InChI=1S/C14H16N2O7/c17-10-1-2-11(18)15(10)6-5-9(23-8-14(21)22)7-16-12(19)3-4-13(16)20/h1-4,9-10,17H,5-8H2,(H,21,22). The predicted octanol–water partition coefficient (Wildman–Crippen LogP) is -1.51. The summed E-state index contributed by atoms with van der Waals surface area (Å²) in [7, 11) is 0. The Labute approximate surface area is 131 Å². The van der Waals surface area contributed by atoms with E-state index in [1.54, 1.807) is 0 Å². The number of aliphatic carboxylic acids is 1. The molecule has 9 nitrogen and oxygen atoms in total. The summed E-state index contributed by atoms with van der Waals surface area (Å²) in [4.78, 5) is 47.4. The average molecular weight is 324 g/mol. The summed E-state index contributed by atoms with van der Waals surface area (Å²) in [5.41, 5.74) is 0. The summed E-state index contributed by atoms with van der Waals surface area (Å²) in [6.07, 6.45) is 3.15. The van der Waals surface area contributed by atoms with Crippen LogP contribution in [-0.4, -0.2) is 75.7 Å². The molecule has 2 rings (SSSR count). The fraction of sp³-hybridized carbons (Fsp3) is 0.429. The maximum atomic E-state index is 11.6. The van der Waals surface area contributed by atoms with Crippen LogP contribution in [0.15, 0.2) is 24.3 Å². The molecule has 0 spiro atoms. The number of hydrogen-bond acceptors (Lipinski definition) is 6. The lowest BCUT2D eigenvalue weighted by atomic mass is 10.2. The van der Waals surface area contributed by atoms with Crippen LogP contribution in [0.1, 0.15) is 6.42 Å². The van der Waals surface area contributed by atoms with Gasteiger partial charge in [-0.1, -0.05) is 0 Å². The first kappa shape index (κ1) is 16.8. The molecule has 2 heterocycles. The third kappa shape index (κ3) is 4.24. The molecule has 0 saturated heterocycles. The Morgan fingerprint density at radius 3 is 2.35 bits per heavy atom. The normalized spacial score (nSPS) is 21.6. The van der Waals surface area contributed by atoms with Crippen molar-refractivity contribution in [2.24, 2.45) is 0 Å². The maximum Gasteiger partial charge on any atom is 0.329 e. The van der Waals surface area contributed by atoms with Gasteiger partial charge in [0.05, 0.1) is 12.6 Å². The molecule has 0 aliphatic carbocycles. The molecule has 0 fully saturated rings. The van der Waals surface area contributed by atoms with Crippen molar-refractivity contribution in [2.45, 2.75) is 18.8 Å². The number of ether oxygens (including phenoxy) is 1. The molecule has 23 heavy (non-hydrogen) atoms. The summed E-state index contributed by atoms with van der Waals surface area (Å²) in [6, 6.07) is 0. The zero-order chi connectivity index (χ0) is 17.0. The predicted molar refractivity (Wildman–Crippen MR) is 74.7 cm³/mol. The molecular weight excluding hydrogens is 308 g/mol. The third-order valence-electron chi connectivity index (χ3n) is 3.43. The lowest BCUT2D eigenvalue weighted by Gasteiger charge is -2.26. The second kappa shape index (κ2) is 7.16. The zero-order valence-corrected chi connectivity index (χ0v) is 12.1. The molecule has 2 N–H and O–H groups in total. The van der Waals surface area contributed by atoms with Crippen molar-refractivity contribution in [1.82, 2.24) is 9.80 Å². The number of amides is 3. The average Bonchev–Trinajstić information content (AvgIpc) is 2.98. The van der Waals surface area contributed by atoms with Crippen LogP contribution < -0.4 is 0 Å². The largest absolute Gasteiger partial charge is 0.480 e. The number of hydrogen-bond donors (Lipinski definition) is 2. The Kier molecular flexibility index (Phi) is 5.24. The van der Waals surface area contributed by atoms with E-state index in [1.165, 1.54) is 17.1 Å². The van der Waals surface area contributed by atoms with Crippen LogP contribution in [0.4, 0.5) is 0 Å². The first-order valence-corrected chi connectivity index (χ1v) is 6.92. The number of carbonyl (C=O) groups excluding carboxylic acids is 3. The minimum atomic E-state index is -1.19. The molecule has 2 unspecified atom stereocenters. The second-order valence-corrected chi connectivity index (χ2v) is 5.04. The minimum Gasteiger partial charge on any atom is -0.480 e. The second-order valence-electron chi connectivity index (χ2n) is 5.04. The molecule has 2 atom stereocenters. The fourth-order valence-electron chi connectivity index (χ4n) is 2.26. The van der Waals surface area contributed by atoms with Crippen molar-refractivity contribution < 1.29 is 34.1 Å². The van der Waals surface area contributed by atoms with Gasteiger partial charge in [-0.2, -0.15) is 0 Å². The molecule has 0 aromatic carbocycles. The van der Waals surface area contributed by atoms with Crippen LogP contribution in [0.2, 0.25) is 0 Å². The van der Waals surface area contributed by atoms with Crippen molar-refractivity contribution in [3.63, 3.8) is 0 Å². The van der Waals surface area contributed by atoms with Gasteiger partial charge in [-0.05, 0) is 12.5 Å². The van der Waals surface area contributed by atoms with E-state index in [9.17, 15) is 24.3 Å². The fourth-order valence-corrected chi connectivity index (χ4v) is 2.26. The summed E-state index contributed by atoms with van der Waals surface area (Å²) in [5, 5.41) is 18.3. The number of nitrogens with zero attached hydrogens (tertiary/aromatic N) is 2. The van der Waals surface area contributed by atoms with E-state index >= 15 is 0 Å². The molecule has 0 saturated carbocycles. The highest BCUT2D eigenvalue weighted by Crippen LogP contribution is 2.13. The molecule has 3 amide bonds. The summed E-state index contributed by atoms with van der Waals surface area (Å²) in [5.74, 6) is -2.56. The van der Waals surface area contributed by atoms with Crippen LogP contribution in [0.3, 0.4) is 0 Å². The maximum absolute atomic E-state index is 11.6. The van der Waals surface area contributed by atoms with E-state index in [0.29, 0.717) is 0 Å². The topological polar surface area (TPSA) is 124 Å². The Bertz CT molecular complexity index is 566. The van der Waals surface area contributed by atoms with Crippen molar-refractivity contribution in [2.75, 3.05) is 19.7 Å². The number of rotatable bonds is 8. The molecule has 0 aromatic rings. The van der Waals surface area contributed by atoms with Gasteiger partial charge in [-0.25, -0.2) is 4.79 Å². The van der Waals surface area contributed by atoms with Gasteiger partial charge in [0.2, 0.25) is 5.91 Å². The molecule has 0 aromatic heterocycles. The van der Waals surface area contributed by atoms with Crippen molar-refractivity contribution in [1.29, 1.82) is 0 Å². The lowest BCUT2D eigenvalue weighted by molar-refractivity contribution is -0.147. The highest BCUT2D eigenvalue weighted by atomic mass is 16.5. The molecule has 0 bridgehead atoms. The SMILES string of the molecule is O=C(O)COC(CCN1C(=O)C=CC1O)CN1C(=O)C=CC1=O. The highest BCUT2D eigenvalue weighted by molar-refractivity contribution is 6.12. The summed E-state index contributed by atoms with van der Waals surface area (Å²) < 4.78 is 5.18. The molecule has 9 heteroatoms. The molecular formula is C14H16N2O7. The highest BCUT2D eigenvalue weighted by Gasteiger charge is 2.29. The number of aliphatic hydroxyl groups excluding tert-OH is 1. The van der Waals surface area contributed by atoms with Crippen LogP contribution >= 0.6 is 0 Å². The Morgan fingerprint density at radius 2 is 1.83 bits per heavy atom. The van der Waals surface area contributed by atoms with Gasteiger partial charge in [0.15, 0.2) is 0 Å².